The van der Waals surface area contributed by atoms with Gasteiger partial charge in [-0.25, -0.2) is 4.98 Å². The number of fused-ring (bicyclic) bond motifs is 1. The van der Waals surface area contributed by atoms with Crippen LogP contribution in [0.15, 0.2) is 66.9 Å². The highest BCUT2D eigenvalue weighted by atomic mass is 35.5. The summed E-state index contributed by atoms with van der Waals surface area (Å²) in [5.74, 6) is -1.64. The Morgan fingerprint density at radius 3 is 2.52 bits per heavy atom. The van der Waals surface area contributed by atoms with Crippen molar-refractivity contribution in [3.8, 4) is 11.4 Å². The highest BCUT2D eigenvalue weighted by molar-refractivity contribution is 6.34. The van der Waals surface area contributed by atoms with Crippen LogP contribution in [-0.2, 0) is 20.9 Å². The van der Waals surface area contributed by atoms with Crippen LogP contribution >= 0.6 is 11.6 Å². The molecule has 0 spiro atoms. The van der Waals surface area contributed by atoms with Gasteiger partial charge in [-0.1, -0.05) is 23.7 Å². The van der Waals surface area contributed by atoms with Crippen molar-refractivity contribution in [2.24, 2.45) is 0 Å². The number of aromatic nitrogens is 3. The summed E-state index contributed by atoms with van der Waals surface area (Å²) in [6.45, 7) is 3.72. The van der Waals surface area contributed by atoms with Crippen molar-refractivity contribution >= 4 is 58.2 Å². The smallest absolute Gasteiger partial charge is 0.274 e. The SMILES string of the molecule is O=C1CCC(N2Cc3c(NC(=O)CCN4CCN(c5ccc(NC(=O)c6cccc(-c7ccn[nH]7)n6)c(Cl)c5)CC4)cccc3C2=O)C(=O)N1. The van der Waals surface area contributed by atoms with E-state index in [1.54, 1.807) is 54.7 Å². The first-order valence-corrected chi connectivity index (χ1v) is 16.7. The Labute approximate surface area is 292 Å². The topological polar surface area (TPSA) is 173 Å². The van der Waals surface area contributed by atoms with Gasteiger partial charge in [-0.2, -0.15) is 5.10 Å². The normalized spacial score (nSPS) is 17.8. The van der Waals surface area contributed by atoms with Gasteiger partial charge >= 0.3 is 0 Å². The molecule has 2 fully saturated rings. The Morgan fingerprint density at radius 2 is 1.76 bits per heavy atom. The summed E-state index contributed by atoms with van der Waals surface area (Å²) in [4.78, 5) is 73.4. The van der Waals surface area contributed by atoms with Gasteiger partial charge in [0.05, 0.1) is 22.1 Å². The molecule has 14 nitrogen and oxygen atoms in total. The van der Waals surface area contributed by atoms with E-state index in [0.29, 0.717) is 45.5 Å². The molecule has 2 aromatic carbocycles. The van der Waals surface area contributed by atoms with E-state index in [9.17, 15) is 24.0 Å². The van der Waals surface area contributed by atoms with Gasteiger partial charge in [0.2, 0.25) is 17.7 Å². The number of H-pyrrole nitrogens is 1. The molecule has 50 heavy (non-hydrogen) atoms. The fourth-order valence-electron chi connectivity index (χ4n) is 6.50. The zero-order chi connectivity index (χ0) is 34.8. The maximum Gasteiger partial charge on any atom is 0.274 e. The zero-order valence-corrected chi connectivity index (χ0v) is 27.7. The van der Waals surface area contributed by atoms with Crippen LogP contribution in [-0.4, -0.2) is 93.3 Å². The van der Waals surface area contributed by atoms with Crippen LogP contribution in [0.3, 0.4) is 0 Å². The number of pyridine rings is 1. The first kappa shape index (κ1) is 32.9. The van der Waals surface area contributed by atoms with Gasteiger partial charge in [0, 0.05) is 80.8 Å². The molecule has 2 saturated heterocycles. The first-order valence-electron chi connectivity index (χ1n) is 16.3. The number of anilines is 3. The number of halogens is 1. The van der Waals surface area contributed by atoms with Crippen molar-refractivity contribution in [2.75, 3.05) is 48.3 Å². The number of nitrogens with one attached hydrogen (secondary N) is 4. The van der Waals surface area contributed by atoms with Gasteiger partial charge in [0.25, 0.3) is 11.8 Å². The van der Waals surface area contributed by atoms with Crippen molar-refractivity contribution < 1.29 is 24.0 Å². The molecular weight excluding hydrogens is 662 g/mol. The number of hydrogen-bond acceptors (Lipinski definition) is 9. The van der Waals surface area contributed by atoms with Gasteiger partial charge in [0.1, 0.15) is 11.7 Å². The summed E-state index contributed by atoms with van der Waals surface area (Å²) in [5.41, 5.74) is 4.66. The molecule has 1 atom stereocenters. The Hall–Kier alpha value is -5.60. The minimum Gasteiger partial charge on any atom is -0.369 e. The summed E-state index contributed by atoms with van der Waals surface area (Å²) in [6, 6.07) is 16.9. The lowest BCUT2D eigenvalue weighted by molar-refractivity contribution is -0.137. The number of piperidine rings is 1. The molecule has 3 aliphatic rings. The van der Waals surface area contributed by atoms with Crippen molar-refractivity contribution in [3.63, 3.8) is 0 Å². The van der Waals surface area contributed by atoms with E-state index in [1.165, 1.54) is 4.90 Å². The molecule has 0 bridgehead atoms. The largest absolute Gasteiger partial charge is 0.369 e. The van der Waals surface area contributed by atoms with Gasteiger partial charge in [-0.15, -0.1) is 0 Å². The first-order chi connectivity index (χ1) is 24.2. The second-order valence-corrected chi connectivity index (χ2v) is 12.8. The number of rotatable bonds is 9. The van der Waals surface area contributed by atoms with Crippen LogP contribution < -0.4 is 20.9 Å². The highest BCUT2D eigenvalue weighted by Gasteiger charge is 2.40. The second-order valence-electron chi connectivity index (χ2n) is 12.4. The van der Waals surface area contributed by atoms with E-state index < -0.39 is 11.9 Å². The van der Waals surface area contributed by atoms with Crippen LogP contribution in [0.1, 0.15) is 45.7 Å². The Kier molecular flexibility index (Phi) is 9.28. The third-order valence-corrected chi connectivity index (χ3v) is 9.52. The van der Waals surface area contributed by atoms with Crippen molar-refractivity contribution in [1.82, 2.24) is 30.3 Å². The average molecular weight is 696 g/mol. The van der Waals surface area contributed by atoms with Gasteiger partial charge in [-0.3, -0.25) is 39.3 Å². The predicted octanol–water partition coefficient (Wildman–Crippen LogP) is 3.29. The lowest BCUT2D eigenvalue weighted by Gasteiger charge is -2.36. The summed E-state index contributed by atoms with van der Waals surface area (Å²) >= 11 is 6.59. The monoisotopic (exact) mass is 695 g/mol. The maximum atomic E-state index is 13.1. The number of carbonyl (C=O) groups excluding carboxylic acids is 5. The highest BCUT2D eigenvalue weighted by Crippen LogP contribution is 2.33. The summed E-state index contributed by atoms with van der Waals surface area (Å²) in [6.07, 6.45) is 2.35. The van der Waals surface area contributed by atoms with Crippen LogP contribution in [0.25, 0.3) is 11.4 Å². The standard InChI is InChI=1S/C35H34ClN9O5/c36-24-19-21(7-8-26(24)40-33(48)29-6-2-5-27(38-29)28-11-13-37-42-28)44-17-15-43(16-18-44)14-12-32(47)39-25-4-1-3-22-23(25)20-45(35(22)50)30-9-10-31(46)41-34(30)49/h1-8,11,13,19,30H,9-10,12,14-18,20H2,(H,37,42)(H,39,47)(H,40,48)(H,41,46,49). The van der Waals surface area contributed by atoms with Crippen LogP contribution in [0.2, 0.25) is 5.02 Å². The molecule has 2 aromatic heterocycles. The van der Waals surface area contributed by atoms with Crippen molar-refractivity contribution in [3.05, 3.63) is 88.7 Å². The Balaban J connectivity index is 0.889. The van der Waals surface area contributed by atoms with Gasteiger partial charge in [-0.05, 0) is 55.0 Å². The Bertz CT molecular complexity index is 1980. The molecule has 1 unspecified atom stereocenters. The van der Waals surface area contributed by atoms with Gasteiger partial charge < -0.3 is 20.4 Å². The number of nitrogens with zero attached hydrogens (tertiary/aromatic N) is 5. The number of hydrogen-bond donors (Lipinski definition) is 4. The zero-order valence-electron chi connectivity index (χ0n) is 26.9. The molecule has 4 N–H and O–H groups in total. The van der Waals surface area contributed by atoms with E-state index in [-0.39, 0.29) is 55.1 Å². The molecule has 5 amide bonds. The van der Waals surface area contributed by atoms with Crippen LogP contribution in [0.4, 0.5) is 17.1 Å². The van der Waals surface area contributed by atoms with Crippen LogP contribution in [0, 0.1) is 0 Å². The molecule has 0 aliphatic carbocycles. The number of imide groups is 1. The summed E-state index contributed by atoms with van der Waals surface area (Å²) < 4.78 is 0. The minimum atomic E-state index is -0.718. The molecule has 5 heterocycles. The minimum absolute atomic E-state index is 0.166. The average Bonchev–Trinajstić information content (AvgIpc) is 3.78. The Morgan fingerprint density at radius 1 is 0.940 bits per heavy atom. The molecule has 7 rings (SSSR count). The number of amides is 5. The number of carbonyl (C=O) groups is 5. The van der Waals surface area contributed by atoms with E-state index in [0.717, 1.165) is 31.9 Å². The molecular formula is C35H34ClN9O5. The number of benzene rings is 2. The van der Waals surface area contributed by atoms with E-state index in [1.807, 2.05) is 12.1 Å². The molecule has 4 aromatic rings. The third kappa shape index (κ3) is 6.93. The lowest BCUT2D eigenvalue weighted by Crippen LogP contribution is -2.52. The molecule has 15 heteroatoms. The maximum absolute atomic E-state index is 13.1. The van der Waals surface area contributed by atoms with Crippen molar-refractivity contribution in [2.45, 2.75) is 31.8 Å². The molecule has 0 radical (unpaired) electrons. The summed E-state index contributed by atoms with van der Waals surface area (Å²) in [5, 5.41) is 15.3. The predicted molar refractivity (Wildman–Crippen MR) is 186 cm³/mol. The molecule has 0 saturated carbocycles. The second kappa shape index (κ2) is 14.1. The van der Waals surface area contributed by atoms with E-state index in [2.05, 4.69) is 40.9 Å². The number of aromatic amines is 1. The fourth-order valence-corrected chi connectivity index (χ4v) is 6.72. The number of piperazine rings is 1. The van der Waals surface area contributed by atoms with Gasteiger partial charge in [0.15, 0.2) is 0 Å². The fraction of sp³-hybridized carbons (Fsp3) is 0.286. The molecule has 256 valence electrons. The quantitative estimate of drug-likeness (QED) is 0.192. The van der Waals surface area contributed by atoms with E-state index >= 15 is 0 Å². The van der Waals surface area contributed by atoms with Crippen LogP contribution in [0.5, 0.6) is 0 Å². The van der Waals surface area contributed by atoms with Crippen molar-refractivity contribution in [1.29, 1.82) is 0 Å². The molecule has 3 aliphatic heterocycles. The third-order valence-electron chi connectivity index (χ3n) is 9.21. The lowest BCUT2D eigenvalue weighted by atomic mass is 10.0. The summed E-state index contributed by atoms with van der Waals surface area (Å²) in [7, 11) is 0. The van der Waals surface area contributed by atoms with E-state index in [4.69, 9.17) is 11.6 Å².